The first-order valence-electron chi connectivity index (χ1n) is 5.59. The van der Waals surface area contributed by atoms with Crippen molar-refractivity contribution in [3.05, 3.63) is 59.7 Å². The van der Waals surface area contributed by atoms with Gasteiger partial charge in [0.25, 0.3) is 0 Å². The molecule has 2 rings (SSSR count). The zero-order valence-electron chi connectivity index (χ0n) is 10.0. The summed E-state index contributed by atoms with van der Waals surface area (Å²) in [4.78, 5) is 11.6. The fourth-order valence-electron chi connectivity index (χ4n) is 1.80. The highest BCUT2D eigenvalue weighted by molar-refractivity contribution is 5.97. The molecule has 0 atom stereocenters. The third-order valence-corrected chi connectivity index (χ3v) is 2.75. The number of carbonyl (C=O) groups excluding carboxylic acids is 1. The van der Waals surface area contributed by atoms with E-state index in [1.807, 2.05) is 12.1 Å². The maximum Gasteiger partial charge on any atom is 0.338 e. The van der Waals surface area contributed by atoms with Gasteiger partial charge in [0, 0.05) is 0 Å². The Morgan fingerprint density at radius 3 is 2.39 bits per heavy atom. The first-order chi connectivity index (χ1) is 8.76. The van der Waals surface area contributed by atoms with Crippen LogP contribution in [0.2, 0.25) is 0 Å². The standard InChI is InChI=1S/C15H13FO2/c1-18-15(17)14-5-3-2-4-13(14)12-8-6-11(10-16)7-9-12/h2-9H,10H2,1H3. The zero-order valence-corrected chi connectivity index (χ0v) is 10.0. The topological polar surface area (TPSA) is 26.3 Å². The van der Waals surface area contributed by atoms with Crippen LogP contribution in [-0.4, -0.2) is 13.1 Å². The van der Waals surface area contributed by atoms with E-state index >= 15 is 0 Å². The second-order valence-electron chi connectivity index (χ2n) is 3.87. The number of halogens is 1. The minimum absolute atomic E-state index is 0.375. The molecule has 0 saturated carbocycles. The van der Waals surface area contributed by atoms with E-state index in [0.29, 0.717) is 11.1 Å². The van der Waals surface area contributed by atoms with Crippen molar-refractivity contribution in [3.63, 3.8) is 0 Å². The van der Waals surface area contributed by atoms with E-state index in [1.165, 1.54) is 7.11 Å². The van der Waals surface area contributed by atoms with Crippen LogP contribution >= 0.6 is 0 Å². The monoisotopic (exact) mass is 244 g/mol. The van der Waals surface area contributed by atoms with Gasteiger partial charge in [0.1, 0.15) is 6.67 Å². The van der Waals surface area contributed by atoms with Gasteiger partial charge in [-0.1, -0.05) is 42.5 Å². The van der Waals surface area contributed by atoms with E-state index in [2.05, 4.69) is 0 Å². The summed E-state index contributed by atoms with van der Waals surface area (Å²) in [7, 11) is 1.35. The molecule has 2 nitrogen and oxygen atoms in total. The Kier molecular flexibility index (Phi) is 3.72. The molecule has 0 aliphatic carbocycles. The number of rotatable bonds is 3. The second kappa shape index (κ2) is 5.45. The molecule has 0 fully saturated rings. The predicted molar refractivity (Wildman–Crippen MR) is 68.0 cm³/mol. The van der Waals surface area contributed by atoms with Crippen LogP contribution in [0, 0.1) is 0 Å². The predicted octanol–water partition coefficient (Wildman–Crippen LogP) is 3.61. The molecule has 0 radical (unpaired) electrons. The van der Waals surface area contributed by atoms with E-state index < -0.39 is 6.67 Å². The summed E-state index contributed by atoms with van der Waals surface area (Å²) in [5.74, 6) is -0.375. The maximum atomic E-state index is 12.4. The molecule has 0 amide bonds. The highest BCUT2D eigenvalue weighted by atomic mass is 19.1. The number of carbonyl (C=O) groups is 1. The number of esters is 1. The Labute approximate surface area is 105 Å². The van der Waals surface area contributed by atoms with E-state index in [9.17, 15) is 9.18 Å². The summed E-state index contributed by atoms with van der Waals surface area (Å²) in [6.07, 6.45) is 0. The SMILES string of the molecule is COC(=O)c1ccccc1-c1ccc(CF)cc1. The van der Waals surface area contributed by atoms with Crippen molar-refractivity contribution >= 4 is 5.97 Å². The van der Waals surface area contributed by atoms with Crippen LogP contribution in [0.15, 0.2) is 48.5 Å². The summed E-state index contributed by atoms with van der Waals surface area (Å²) < 4.78 is 17.2. The van der Waals surface area contributed by atoms with E-state index in [1.54, 1.807) is 36.4 Å². The lowest BCUT2D eigenvalue weighted by Crippen LogP contribution is -2.03. The minimum atomic E-state index is -0.487. The molecule has 0 saturated heterocycles. The molecular weight excluding hydrogens is 231 g/mol. The first-order valence-corrected chi connectivity index (χ1v) is 5.59. The molecule has 0 heterocycles. The van der Waals surface area contributed by atoms with Gasteiger partial charge in [-0.3, -0.25) is 0 Å². The average Bonchev–Trinajstić information content (AvgIpc) is 2.46. The Balaban J connectivity index is 2.46. The summed E-state index contributed by atoms with van der Waals surface area (Å²) in [6, 6.07) is 14.2. The van der Waals surface area contributed by atoms with Gasteiger partial charge in [-0.05, 0) is 22.8 Å². The number of alkyl halides is 1. The molecule has 2 aromatic carbocycles. The number of methoxy groups -OCH3 is 1. The summed E-state index contributed by atoms with van der Waals surface area (Å²) >= 11 is 0. The lowest BCUT2D eigenvalue weighted by atomic mass is 9.99. The lowest BCUT2D eigenvalue weighted by Gasteiger charge is -2.08. The number of hydrogen-bond donors (Lipinski definition) is 0. The van der Waals surface area contributed by atoms with Gasteiger partial charge in [-0.2, -0.15) is 0 Å². The van der Waals surface area contributed by atoms with Gasteiger partial charge in [-0.25, -0.2) is 9.18 Å². The van der Waals surface area contributed by atoms with Crippen LogP contribution < -0.4 is 0 Å². The van der Waals surface area contributed by atoms with Gasteiger partial charge in [-0.15, -0.1) is 0 Å². The Hall–Kier alpha value is -2.16. The van der Waals surface area contributed by atoms with Gasteiger partial charge in [0.15, 0.2) is 0 Å². The second-order valence-corrected chi connectivity index (χ2v) is 3.87. The van der Waals surface area contributed by atoms with Crippen LogP contribution in [0.25, 0.3) is 11.1 Å². The van der Waals surface area contributed by atoms with Gasteiger partial charge in [0.2, 0.25) is 0 Å². The number of benzene rings is 2. The van der Waals surface area contributed by atoms with Crippen LogP contribution in [0.3, 0.4) is 0 Å². The minimum Gasteiger partial charge on any atom is -0.465 e. The van der Waals surface area contributed by atoms with Crippen LogP contribution in [0.1, 0.15) is 15.9 Å². The van der Waals surface area contributed by atoms with Crippen molar-refractivity contribution in [1.29, 1.82) is 0 Å². The van der Waals surface area contributed by atoms with Gasteiger partial charge in [0.05, 0.1) is 12.7 Å². The summed E-state index contributed by atoms with van der Waals surface area (Å²) in [6.45, 7) is -0.487. The molecule has 3 heteroatoms. The van der Waals surface area contributed by atoms with Crippen molar-refractivity contribution < 1.29 is 13.9 Å². The van der Waals surface area contributed by atoms with Crippen molar-refractivity contribution in [3.8, 4) is 11.1 Å². The number of hydrogen-bond acceptors (Lipinski definition) is 2. The Morgan fingerprint density at radius 1 is 1.11 bits per heavy atom. The molecular formula is C15H13FO2. The van der Waals surface area contributed by atoms with E-state index in [-0.39, 0.29) is 5.97 Å². The molecule has 0 aliphatic heterocycles. The van der Waals surface area contributed by atoms with Crippen LogP contribution in [0.4, 0.5) is 4.39 Å². The van der Waals surface area contributed by atoms with Crippen molar-refractivity contribution in [2.75, 3.05) is 7.11 Å². The maximum absolute atomic E-state index is 12.4. The number of ether oxygens (including phenoxy) is 1. The lowest BCUT2D eigenvalue weighted by molar-refractivity contribution is 0.0601. The molecule has 0 aromatic heterocycles. The van der Waals surface area contributed by atoms with Crippen molar-refractivity contribution in [2.24, 2.45) is 0 Å². The molecule has 2 aromatic rings. The molecule has 0 bridgehead atoms. The fourth-order valence-corrected chi connectivity index (χ4v) is 1.80. The quantitative estimate of drug-likeness (QED) is 0.771. The van der Waals surface area contributed by atoms with Crippen LogP contribution in [-0.2, 0) is 11.4 Å². The molecule has 18 heavy (non-hydrogen) atoms. The van der Waals surface area contributed by atoms with Crippen molar-refractivity contribution in [1.82, 2.24) is 0 Å². The summed E-state index contributed by atoms with van der Waals surface area (Å²) in [5.41, 5.74) is 2.78. The normalized spacial score (nSPS) is 10.1. The first kappa shape index (κ1) is 12.3. The average molecular weight is 244 g/mol. The fraction of sp³-hybridized carbons (Fsp3) is 0.133. The molecule has 0 N–H and O–H groups in total. The Bertz CT molecular complexity index is 547. The van der Waals surface area contributed by atoms with Crippen molar-refractivity contribution in [2.45, 2.75) is 6.67 Å². The Morgan fingerprint density at radius 2 is 1.78 bits per heavy atom. The third-order valence-electron chi connectivity index (χ3n) is 2.75. The summed E-state index contributed by atoms with van der Waals surface area (Å²) in [5, 5.41) is 0. The molecule has 0 unspecified atom stereocenters. The molecule has 92 valence electrons. The molecule has 0 aliphatic rings. The largest absolute Gasteiger partial charge is 0.465 e. The van der Waals surface area contributed by atoms with E-state index in [0.717, 1.165) is 11.1 Å². The smallest absolute Gasteiger partial charge is 0.338 e. The third kappa shape index (κ3) is 2.40. The van der Waals surface area contributed by atoms with E-state index in [4.69, 9.17) is 4.74 Å². The highest BCUT2D eigenvalue weighted by Gasteiger charge is 2.12. The zero-order chi connectivity index (χ0) is 13.0. The van der Waals surface area contributed by atoms with Gasteiger partial charge < -0.3 is 4.74 Å². The van der Waals surface area contributed by atoms with Gasteiger partial charge >= 0.3 is 5.97 Å². The van der Waals surface area contributed by atoms with Crippen LogP contribution in [0.5, 0.6) is 0 Å². The molecule has 0 spiro atoms. The highest BCUT2D eigenvalue weighted by Crippen LogP contribution is 2.24.